The molecule has 3 N–H and O–H groups in total. The number of rotatable bonds is 6. The van der Waals surface area contributed by atoms with Gasteiger partial charge in [0.25, 0.3) is 0 Å². The quantitative estimate of drug-likeness (QED) is 0.732. The van der Waals surface area contributed by atoms with Gasteiger partial charge in [-0.05, 0) is 6.92 Å². The number of hydrogen-bond acceptors (Lipinski definition) is 6. The van der Waals surface area contributed by atoms with Crippen molar-refractivity contribution in [2.75, 3.05) is 5.32 Å². The average Bonchev–Trinajstić information content (AvgIpc) is 2.97. The molecule has 2 aromatic heterocycles. The minimum absolute atomic E-state index is 0.0222. The van der Waals surface area contributed by atoms with E-state index >= 15 is 0 Å². The van der Waals surface area contributed by atoms with Gasteiger partial charge >= 0.3 is 5.97 Å². The van der Waals surface area contributed by atoms with Crippen LogP contribution in [0.1, 0.15) is 30.9 Å². The second-order valence-corrected chi connectivity index (χ2v) is 4.63. The zero-order valence-corrected chi connectivity index (χ0v) is 10.6. The highest BCUT2D eigenvalue weighted by Gasteiger charge is 2.10. The third kappa shape index (κ3) is 3.27. The van der Waals surface area contributed by atoms with Gasteiger partial charge in [0.15, 0.2) is 5.13 Å². The Morgan fingerprint density at radius 1 is 1.67 bits per heavy atom. The van der Waals surface area contributed by atoms with Crippen LogP contribution in [0.3, 0.4) is 0 Å². The van der Waals surface area contributed by atoms with Crippen LogP contribution in [0.5, 0.6) is 0 Å². The van der Waals surface area contributed by atoms with Crippen LogP contribution in [0.15, 0.2) is 11.7 Å². The number of thiazole rings is 1. The lowest BCUT2D eigenvalue weighted by Crippen LogP contribution is -2.08. The van der Waals surface area contributed by atoms with Crippen LogP contribution in [0.25, 0.3) is 0 Å². The molecule has 0 fully saturated rings. The van der Waals surface area contributed by atoms with E-state index in [0.717, 1.165) is 16.6 Å². The topological polar surface area (TPSA) is 104 Å². The van der Waals surface area contributed by atoms with Gasteiger partial charge in [0.05, 0.1) is 18.2 Å². The molecule has 0 spiro atoms. The van der Waals surface area contributed by atoms with E-state index in [9.17, 15) is 4.79 Å². The number of carboxylic acid groups (broad SMARTS) is 1. The molecule has 7 nitrogen and oxygen atoms in total. The van der Waals surface area contributed by atoms with Crippen LogP contribution in [0, 0.1) is 0 Å². The predicted molar refractivity (Wildman–Crippen MR) is 66.5 cm³/mol. The van der Waals surface area contributed by atoms with Gasteiger partial charge in [-0.1, -0.05) is 0 Å². The zero-order chi connectivity index (χ0) is 13.0. The fourth-order valence-corrected chi connectivity index (χ4v) is 2.23. The number of hydrogen-bond donors (Lipinski definition) is 3. The maximum absolute atomic E-state index is 10.5. The van der Waals surface area contributed by atoms with E-state index in [0.29, 0.717) is 6.42 Å². The second kappa shape index (κ2) is 5.58. The largest absolute Gasteiger partial charge is 0.481 e. The molecule has 0 aliphatic carbocycles. The number of aromatic amines is 1. The van der Waals surface area contributed by atoms with E-state index in [1.807, 2.05) is 12.3 Å². The fraction of sp³-hybridized carbons (Fsp3) is 0.400. The van der Waals surface area contributed by atoms with Crippen molar-refractivity contribution in [1.82, 2.24) is 20.2 Å². The summed E-state index contributed by atoms with van der Waals surface area (Å²) >= 11 is 1.45. The Bertz CT molecular complexity index is 510. The Morgan fingerprint density at radius 3 is 3.17 bits per heavy atom. The molecule has 2 aromatic rings. The minimum atomic E-state index is -0.812. The van der Waals surface area contributed by atoms with Gasteiger partial charge < -0.3 is 10.4 Å². The van der Waals surface area contributed by atoms with E-state index < -0.39 is 5.97 Å². The highest BCUT2D eigenvalue weighted by molar-refractivity contribution is 7.13. The lowest BCUT2D eigenvalue weighted by molar-refractivity contribution is -0.136. The van der Waals surface area contributed by atoms with Crippen LogP contribution in [-0.2, 0) is 11.2 Å². The summed E-state index contributed by atoms with van der Waals surface area (Å²) in [5, 5.41) is 20.9. The number of nitrogens with zero attached hydrogens (tertiary/aromatic N) is 3. The summed E-state index contributed by atoms with van der Waals surface area (Å²) in [6.45, 7) is 1.94. The van der Waals surface area contributed by atoms with Crippen LogP contribution in [0.2, 0.25) is 0 Å². The van der Waals surface area contributed by atoms with E-state index in [2.05, 4.69) is 25.5 Å². The lowest BCUT2D eigenvalue weighted by Gasteiger charge is -2.08. The number of H-pyrrole nitrogens is 1. The summed E-state index contributed by atoms with van der Waals surface area (Å²) in [5.74, 6) is -0.0789. The molecular weight excluding hydrogens is 254 g/mol. The Labute approximate surface area is 107 Å². The third-order valence-corrected chi connectivity index (χ3v) is 3.15. The number of aliphatic carboxylic acids is 1. The number of carbonyl (C=O) groups is 1. The zero-order valence-electron chi connectivity index (χ0n) is 9.75. The first kappa shape index (κ1) is 12.5. The van der Waals surface area contributed by atoms with Crippen LogP contribution in [0.4, 0.5) is 5.13 Å². The monoisotopic (exact) mass is 267 g/mol. The first-order valence-electron chi connectivity index (χ1n) is 5.43. The molecule has 2 rings (SSSR count). The molecule has 0 saturated heterocycles. The summed E-state index contributed by atoms with van der Waals surface area (Å²) in [5.41, 5.74) is 0.787. The van der Waals surface area contributed by atoms with Gasteiger partial charge in [-0.15, -0.1) is 11.3 Å². The smallest absolute Gasteiger partial charge is 0.303 e. The van der Waals surface area contributed by atoms with Gasteiger partial charge in [-0.3, -0.25) is 9.89 Å². The first-order chi connectivity index (χ1) is 8.65. The standard InChI is InChI=1S/C10H13N5O2S/c1-6(9-11-5-12-15-9)13-10-14-7(4-18-10)2-3-8(16)17/h4-6H,2-3H2,1H3,(H,13,14)(H,16,17)(H,11,12,15). The average molecular weight is 267 g/mol. The summed E-state index contributed by atoms with van der Waals surface area (Å²) in [4.78, 5) is 18.8. The SMILES string of the molecule is CC(Nc1nc(CCC(=O)O)cs1)c1ncn[nH]1. The Hall–Kier alpha value is -1.96. The van der Waals surface area contributed by atoms with E-state index in [4.69, 9.17) is 5.11 Å². The molecule has 1 unspecified atom stereocenters. The predicted octanol–water partition coefficient (Wildman–Crippen LogP) is 1.45. The number of aromatic nitrogens is 4. The Kier molecular flexibility index (Phi) is 3.88. The number of carboxylic acids is 1. The highest BCUT2D eigenvalue weighted by Crippen LogP contribution is 2.21. The number of aryl methyl sites for hydroxylation is 1. The number of nitrogens with one attached hydrogen (secondary N) is 2. The van der Waals surface area contributed by atoms with E-state index in [1.165, 1.54) is 17.7 Å². The Balaban J connectivity index is 1.92. The molecule has 0 aromatic carbocycles. The van der Waals surface area contributed by atoms with Crippen molar-refractivity contribution in [2.45, 2.75) is 25.8 Å². The molecule has 0 bridgehead atoms. The fourth-order valence-electron chi connectivity index (χ4n) is 1.40. The molecular formula is C10H13N5O2S. The summed E-state index contributed by atoms with van der Waals surface area (Å²) in [6, 6.07) is -0.0222. The normalized spacial score (nSPS) is 12.3. The van der Waals surface area contributed by atoms with Gasteiger partial charge in [0.1, 0.15) is 12.2 Å². The molecule has 2 heterocycles. The van der Waals surface area contributed by atoms with E-state index in [1.54, 1.807) is 0 Å². The molecule has 0 saturated carbocycles. The van der Waals surface area contributed by atoms with Crippen molar-refractivity contribution in [3.8, 4) is 0 Å². The summed E-state index contributed by atoms with van der Waals surface area (Å²) in [7, 11) is 0. The van der Waals surface area contributed by atoms with Gasteiger partial charge in [-0.25, -0.2) is 9.97 Å². The highest BCUT2D eigenvalue weighted by atomic mass is 32.1. The van der Waals surface area contributed by atoms with Crippen molar-refractivity contribution in [3.63, 3.8) is 0 Å². The first-order valence-corrected chi connectivity index (χ1v) is 6.31. The third-order valence-electron chi connectivity index (χ3n) is 2.33. The van der Waals surface area contributed by atoms with Crippen molar-refractivity contribution < 1.29 is 9.90 Å². The van der Waals surface area contributed by atoms with Crippen molar-refractivity contribution in [1.29, 1.82) is 0 Å². The van der Waals surface area contributed by atoms with Crippen LogP contribution < -0.4 is 5.32 Å². The van der Waals surface area contributed by atoms with Crippen LogP contribution >= 0.6 is 11.3 Å². The van der Waals surface area contributed by atoms with Gasteiger partial charge in [0.2, 0.25) is 0 Å². The summed E-state index contributed by atoms with van der Waals surface area (Å²) in [6.07, 6.45) is 2.00. The minimum Gasteiger partial charge on any atom is -0.481 e. The van der Waals surface area contributed by atoms with Crippen molar-refractivity contribution in [3.05, 3.63) is 23.2 Å². The summed E-state index contributed by atoms with van der Waals surface area (Å²) < 4.78 is 0. The number of anilines is 1. The Morgan fingerprint density at radius 2 is 2.50 bits per heavy atom. The maximum atomic E-state index is 10.5. The van der Waals surface area contributed by atoms with E-state index in [-0.39, 0.29) is 12.5 Å². The second-order valence-electron chi connectivity index (χ2n) is 3.77. The van der Waals surface area contributed by atoms with Gasteiger partial charge in [0, 0.05) is 11.8 Å². The molecule has 8 heteroatoms. The molecule has 0 radical (unpaired) electrons. The maximum Gasteiger partial charge on any atom is 0.303 e. The molecule has 0 aliphatic heterocycles. The van der Waals surface area contributed by atoms with Crippen LogP contribution in [-0.4, -0.2) is 31.2 Å². The van der Waals surface area contributed by atoms with Crippen molar-refractivity contribution in [2.24, 2.45) is 0 Å². The molecule has 1 atom stereocenters. The molecule has 18 heavy (non-hydrogen) atoms. The van der Waals surface area contributed by atoms with Crippen molar-refractivity contribution >= 4 is 22.4 Å². The molecule has 0 amide bonds. The molecule has 0 aliphatic rings. The van der Waals surface area contributed by atoms with Gasteiger partial charge in [-0.2, -0.15) is 5.10 Å². The lowest BCUT2D eigenvalue weighted by atomic mass is 10.2. The molecule has 96 valence electrons.